The fourth-order valence-corrected chi connectivity index (χ4v) is 2.32. The lowest BCUT2D eigenvalue weighted by Crippen LogP contribution is -2.64. The van der Waals surface area contributed by atoms with Crippen LogP contribution in [0.3, 0.4) is 0 Å². The van der Waals surface area contributed by atoms with Gasteiger partial charge in [0.15, 0.2) is 5.79 Å². The molecule has 0 aromatic heterocycles. The number of hydrogen-bond acceptors (Lipinski definition) is 7. The number of carbonyl (C=O) groups is 1. The summed E-state index contributed by atoms with van der Waals surface area (Å²) in [6.07, 6.45) is -4.16. The van der Waals surface area contributed by atoms with Crippen LogP contribution in [0.5, 0.6) is 0 Å². The molecule has 0 spiro atoms. The molecule has 0 aromatic carbocycles. The Kier molecular flexibility index (Phi) is 4.66. The quantitative estimate of drug-likeness (QED) is 0.702. The van der Waals surface area contributed by atoms with Gasteiger partial charge in [-0.15, -0.1) is 0 Å². The van der Waals surface area contributed by atoms with E-state index in [0.29, 0.717) is 6.42 Å². The highest BCUT2D eigenvalue weighted by Crippen LogP contribution is 2.32. The molecule has 0 aromatic rings. The van der Waals surface area contributed by atoms with Crippen molar-refractivity contribution in [1.82, 2.24) is 0 Å². The van der Waals surface area contributed by atoms with Crippen LogP contribution in [-0.4, -0.2) is 59.3 Å². The topological polar surface area (TPSA) is 94.5 Å². The lowest BCUT2D eigenvalue weighted by atomic mass is 9.97. The summed E-state index contributed by atoms with van der Waals surface area (Å²) in [4.78, 5) is 11.5. The monoisotopic (exact) mass is 290 g/mol. The Morgan fingerprint density at radius 2 is 2.05 bits per heavy atom. The van der Waals surface area contributed by atoms with Crippen LogP contribution in [0.1, 0.15) is 33.6 Å². The van der Waals surface area contributed by atoms with E-state index in [1.54, 1.807) is 13.8 Å². The van der Waals surface area contributed by atoms with E-state index in [1.165, 1.54) is 0 Å². The molecule has 2 N–H and O–H groups in total. The first-order valence-electron chi connectivity index (χ1n) is 6.87. The van der Waals surface area contributed by atoms with Crippen molar-refractivity contribution in [3.05, 3.63) is 0 Å². The molecule has 7 heteroatoms. The van der Waals surface area contributed by atoms with E-state index in [0.717, 1.165) is 0 Å². The Balaban J connectivity index is 2.02. The molecule has 1 unspecified atom stereocenters. The van der Waals surface area contributed by atoms with E-state index in [9.17, 15) is 15.0 Å². The fourth-order valence-electron chi connectivity index (χ4n) is 2.32. The lowest BCUT2D eigenvalue weighted by molar-refractivity contribution is -0.377. The van der Waals surface area contributed by atoms with Gasteiger partial charge in [0, 0.05) is 6.42 Å². The number of aliphatic hydroxyl groups is 2. The van der Waals surface area contributed by atoms with Gasteiger partial charge in [-0.1, -0.05) is 6.92 Å². The standard InChI is InChI=1S/C13H22O7/c1-4-5-8(14)19-12-10(16)9(15)11-7(18-12)6-17-13(2,3)20-11/h7,9-12,15-16H,4-6H2,1-3H3/t7-,9-,10+,11-,12?/m1/s1. The number of aliphatic hydroxyl groups excluding tert-OH is 2. The maximum Gasteiger partial charge on any atom is 0.308 e. The van der Waals surface area contributed by atoms with Crippen LogP contribution in [0, 0.1) is 0 Å². The van der Waals surface area contributed by atoms with Crippen molar-refractivity contribution in [3.8, 4) is 0 Å². The zero-order valence-corrected chi connectivity index (χ0v) is 11.9. The molecule has 0 amide bonds. The highest BCUT2D eigenvalue weighted by molar-refractivity contribution is 5.69. The van der Waals surface area contributed by atoms with Gasteiger partial charge in [-0.25, -0.2) is 0 Å². The van der Waals surface area contributed by atoms with E-state index in [2.05, 4.69) is 0 Å². The summed E-state index contributed by atoms with van der Waals surface area (Å²) in [6, 6.07) is 0. The summed E-state index contributed by atoms with van der Waals surface area (Å²) in [7, 11) is 0. The predicted molar refractivity (Wildman–Crippen MR) is 66.6 cm³/mol. The summed E-state index contributed by atoms with van der Waals surface area (Å²) in [6.45, 7) is 5.48. The van der Waals surface area contributed by atoms with Crippen LogP contribution in [0.2, 0.25) is 0 Å². The lowest BCUT2D eigenvalue weighted by Gasteiger charge is -2.48. The van der Waals surface area contributed by atoms with E-state index in [-0.39, 0.29) is 13.0 Å². The van der Waals surface area contributed by atoms with Gasteiger partial charge in [0.25, 0.3) is 0 Å². The molecule has 2 saturated heterocycles. The van der Waals surface area contributed by atoms with Crippen molar-refractivity contribution >= 4 is 5.97 Å². The normalized spacial score (nSPS) is 40.0. The molecule has 0 saturated carbocycles. The zero-order valence-electron chi connectivity index (χ0n) is 11.9. The number of hydrogen-bond donors (Lipinski definition) is 2. The molecule has 20 heavy (non-hydrogen) atoms. The molecule has 116 valence electrons. The third-order valence-electron chi connectivity index (χ3n) is 3.36. The highest BCUT2D eigenvalue weighted by atomic mass is 16.8. The van der Waals surface area contributed by atoms with Crippen molar-refractivity contribution in [3.63, 3.8) is 0 Å². The SMILES string of the molecule is CCCC(=O)OC1O[C@@H]2COC(C)(C)O[C@H]2[C@H](O)[C@@H]1O. The van der Waals surface area contributed by atoms with Crippen molar-refractivity contribution in [2.45, 2.75) is 70.1 Å². The third kappa shape index (κ3) is 3.29. The predicted octanol–water partition coefficient (Wildman–Crippen LogP) is -0.0721. The van der Waals surface area contributed by atoms with Crippen LogP contribution < -0.4 is 0 Å². The van der Waals surface area contributed by atoms with Crippen LogP contribution in [0.4, 0.5) is 0 Å². The number of esters is 1. The molecule has 5 atom stereocenters. The average Bonchev–Trinajstić information content (AvgIpc) is 2.36. The second-order valence-electron chi connectivity index (χ2n) is 5.56. The molecular weight excluding hydrogens is 268 g/mol. The Morgan fingerprint density at radius 1 is 1.35 bits per heavy atom. The van der Waals surface area contributed by atoms with E-state index >= 15 is 0 Å². The largest absolute Gasteiger partial charge is 0.433 e. The van der Waals surface area contributed by atoms with Crippen molar-refractivity contribution in [2.75, 3.05) is 6.61 Å². The molecule has 2 aliphatic heterocycles. The van der Waals surface area contributed by atoms with Gasteiger partial charge < -0.3 is 29.2 Å². The smallest absolute Gasteiger partial charge is 0.308 e. The molecule has 0 bridgehead atoms. The fraction of sp³-hybridized carbons (Fsp3) is 0.923. The number of ether oxygens (including phenoxy) is 4. The van der Waals surface area contributed by atoms with Crippen LogP contribution >= 0.6 is 0 Å². The summed E-state index contributed by atoms with van der Waals surface area (Å²) in [5.74, 6) is -1.32. The third-order valence-corrected chi connectivity index (χ3v) is 3.36. The molecule has 2 aliphatic rings. The molecule has 2 heterocycles. The Bertz CT molecular complexity index is 355. The van der Waals surface area contributed by atoms with Gasteiger partial charge in [-0.05, 0) is 20.3 Å². The van der Waals surface area contributed by atoms with Gasteiger partial charge in [-0.3, -0.25) is 4.79 Å². The van der Waals surface area contributed by atoms with Gasteiger partial charge in [-0.2, -0.15) is 0 Å². The highest BCUT2D eigenvalue weighted by Gasteiger charge is 2.51. The van der Waals surface area contributed by atoms with Gasteiger partial charge >= 0.3 is 5.97 Å². The zero-order chi connectivity index (χ0) is 14.9. The first-order valence-corrected chi connectivity index (χ1v) is 6.87. The summed E-state index contributed by atoms with van der Waals surface area (Å²) >= 11 is 0. The van der Waals surface area contributed by atoms with Gasteiger partial charge in [0.05, 0.1) is 6.61 Å². The summed E-state index contributed by atoms with van der Waals surface area (Å²) in [5, 5.41) is 20.1. The average molecular weight is 290 g/mol. The Labute approximate surface area is 117 Å². The molecule has 0 aliphatic carbocycles. The van der Waals surface area contributed by atoms with Crippen LogP contribution in [0.15, 0.2) is 0 Å². The van der Waals surface area contributed by atoms with Crippen molar-refractivity contribution in [2.24, 2.45) is 0 Å². The minimum Gasteiger partial charge on any atom is -0.433 e. The minimum atomic E-state index is -1.34. The molecule has 2 fully saturated rings. The first-order chi connectivity index (χ1) is 9.34. The maximum absolute atomic E-state index is 11.5. The summed E-state index contributed by atoms with van der Waals surface area (Å²) < 4.78 is 21.5. The van der Waals surface area contributed by atoms with E-state index in [1.807, 2.05) is 6.92 Å². The second kappa shape index (κ2) is 5.95. The van der Waals surface area contributed by atoms with Crippen LogP contribution in [-0.2, 0) is 23.7 Å². The number of carbonyl (C=O) groups excluding carboxylic acids is 1. The Morgan fingerprint density at radius 3 is 2.70 bits per heavy atom. The van der Waals surface area contributed by atoms with Crippen molar-refractivity contribution < 1.29 is 34.0 Å². The van der Waals surface area contributed by atoms with Gasteiger partial charge in [0.2, 0.25) is 6.29 Å². The molecule has 7 nitrogen and oxygen atoms in total. The van der Waals surface area contributed by atoms with Gasteiger partial charge in [0.1, 0.15) is 24.4 Å². The number of rotatable bonds is 3. The second-order valence-corrected chi connectivity index (χ2v) is 5.56. The summed E-state index contributed by atoms with van der Waals surface area (Å²) in [5.41, 5.74) is 0. The minimum absolute atomic E-state index is 0.198. The van der Waals surface area contributed by atoms with Crippen molar-refractivity contribution in [1.29, 1.82) is 0 Å². The maximum atomic E-state index is 11.5. The van der Waals surface area contributed by atoms with E-state index < -0.39 is 42.5 Å². The molecule has 0 radical (unpaired) electrons. The Hall–Kier alpha value is -0.730. The molecular formula is C13H22O7. The molecule has 2 rings (SSSR count). The van der Waals surface area contributed by atoms with E-state index in [4.69, 9.17) is 18.9 Å². The number of fused-ring (bicyclic) bond motifs is 1. The first kappa shape index (κ1) is 15.7. The van der Waals surface area contributed by atoms with Crippen LogP contribution in [0.25, 0.3) is 0 Å².